The third-order valence-electron chi connectivity index (χ3n) is 3.22. The molecule has 0 aliphatic carbocycles. The van der Waals surface area contributed by atoms with Crippen LogP contribution in [0.15, 0.2) is 0 Å². The van der Waals surface area contributed by atoms with Crippen molar-refractivity contribution in [1.82, 2.24) is 16.0 Å². The molecule has 11 heteroatoms. The first-order valence-corrected chi connectivity index (χ1v) is 8.08. The number of hydrogen-bond donors (Lipinski definition) is 6. The highest BCUT2D eigenvalue weighted by molar-refractivity contribution is 5.93. The zero-order chi connectivity index (χ0) is 20.4. The molecule has 0 aromatic carbocycles. The maximum Gasteiger partial charge on any atom is 0.326 e. The molecular weight excluding hydrogens is 346 g/mol. The van der Waals surface area contributed by atoms with Gasteiger partial charge in [-0.05, 0) is 19.3 Å². The van der Waals surface area contributed by atoms with Crippen molar-refractivity contribution in [2.75, 3.05) is 6.54 Å². The lowest BCUT2D eigenvalue weighted by atomic mass is 10.0. The molecule has 11 nitrogen and oxygen atoms in total. The summed E-state index contributed by atoms with van der Waals surface area (Å²) in [6.45, 7) is 4.65. The summed E-state index contributed by atoms with van der Waals surface area (Å²) in [4.78, 5) is 57.4. The molecule has 0 fully saturated rings. The summed E-state index contributed by atoms with van der Waals surface area (Å²) in [5.41, 5.74) is 10.4. The Balaban J connectivity index is 4.73. The first-order chi connectivity index (χ1) is 11.9. The van der Waals surface area contributed by atoms with Gasteiger partial charge in [-0.15, -0.1) is 0 Å². The number of carbonyl (C=O) groups excluding carboxylic acids is 4. The van der Waals surface area contributed by atoms with Gasteiger partial charge >= 0.3 is 5.97 Å². The van der Waals surface area contributed by atoms with Crippen molar-refractivity contribution in [3.05, 3.63) is 0 Å². The van der Waals surface area contributed by atoms with Gasteiger partial charge in [0.25, 0.3) is 0 Å². The normalized spacial score (nSPS) is 14.0. The molecule has 0 heterocycles. The monoisotopic (exact) mass is 373 g/mol. The van der Waals surface area contributed by atoms with E-state index in [9.17, 15) is 24.0 Å². The van der Waals surface area contributed by atoms with Crippen LogP contribution in [-0.4, -0.2) is 59.4 Å². The summed E-state index contributed by atoms with van der Waals surface area (Å²) >= 11 is 0. The molecule has 3 atom stereocenters. The predicted octanol–water partition coefficient (Wildman–Crippen LogP) is -2.57. The van der Waals surface area contributed by atoms with Gasteiger partial charge in [0, 0.05) is 0 Å². The van der Waals surface area contributed by atoms with E-state index in [-0.39, 0.29) is 5.92 Å². The van der Waals surface area contributed by atoms with Crippen LogP contribution in [-0.2, 0) is 24.0 Å². The van der Waals surface area contributed by atoms with Crippen LogP contribution in [0.2, 0.25) is 0 Å². The first kappa shape index (κ1) is 23.3. The zero-order valence-electron chi connectivity index (χ0n) is 15.1. The van der Waals surface area contributed by atoms with Crippen molar-refractivity contribution >= 4 is 29.6 Å². The van der Waals surface area contributed by atoms with Crippen molar-refractivity contribution in [2.24, 2.45) is 17.4 Å². The summed E-state index contributed by atoms with van der Waals surface area (Å²) in [6, 6.07) is -3.17. The van der Waals surface area contributed by atoms with Gasteiger partial charge in [0.2, 0.25) is 23.6 Å². The summed E-state index contributed by atoms with van der Waals surface area (Å²) in [5.74, 6) is -4.16. The summed E-state index contributed by atoms with van der Waals surface area (Å²) in [6.07, 6.45) is -0.249. The molecule has 0 rings (SSSR count). The summed E-state index contributed by atoms with van der Waals surface area (Å²) in [5, 5.41) is 15.8. The number of primary amides is 1. The average molecular weight is 373 g/mol. The fraction of sp³-hybridized carbons (Fsp3) is 0.667. The van der Waals surface area contributed by atoms with E-state index in [1.807, 2.05) is 13.8 Å². The minimum atomic E-state index is -1.49. The van der Waals surface area contributed by atoms with E-state index in [1.54, 1.807) is 0 Å². The molecule has 0 aromatic rings. The number of amides is 4. The van der Waals surface area contributed by atoms with E-state index in [0.29, 0.717) is 6.42 Å². The highest BCUT2D eigenvalue weighted by Gasteiger charge is 2.25. The maximum atomic E-state index is 12.2. The van der Waals surface area contributed by atoms with Crippen molar-refractivity contribution in [1.29, 1.82) is 0 Å². The van der Waals surface area contributed by atoms with Crippen LogP contribution in [0.25, 0.3) is 0 Å². The topological polar surface area (TPSA) is 194 Å². The van der Waals surface area contributed by atoms with E-state index in [1.165, 1.54) is 6.92 Å². The molecule has 0 saturated heterocycles. The molecule has 8 N–H and O–H groups in total. The molecule has 0 spiro atoms. The lowest BCUT2D eigenvalue weighted by molar-refractivity contribution is -0.143. The van der Waals surface area contributed by atoms with Crippen molar-refractivity contribution in [2.45, 2.75) is 51.7 Å². The van der Waals surface area contributed by atoms with Gasteiger partial charge in [0.05, 0.1) is 19.0 Å². The molecule has 0 saturated carbocycles. The number of carboxylic acid groups (broad SMARTS) is 1. The number of hydrogen-bond acceptors (Lipinski definition) is 6. The molecule has 0 aromatic heterocycles. The summed E-state index contributed by atoms with van der Waals surface area (Å²) in [7, 11) is 0. The Morgan fingerprint density at radius 3 is 1.96 bits per heavy atom. The molecular formula is C15H27N5O6. The Labute approximate surface area is 151 Å². The minimum Gasteiger partial charge on any atom is -0.480 e. The number of carboxylic acids is 1. The van der Waals surface area contributed by atoms with Gasteiger partial charge in [-0.2, -0.15) is 0 Å². The zero-order valence-corrected chi connectivity index (χ0v) is 15.1. The molecule has 0 radical (unpaired) electrons. The number of nitrogens with two attached hydrogens (primary N) is 2. The Morgan fingerprint density at radius 1 is 0.962 bits per heavy atom. The predicted molar refractivity (Wildman–Crippen MR) is 91.4 cm³/mol. The van der Waals surface area contributed by atoms with Crippen LogP contribution in [0, 0.1) is 5.92 Å². The van der Waals surface area contributed by atoms with Gasteiger partial charge in [-0.3, -0.25) is 19.2 Å². The molecule has 0 bridgehead atoms. The van der Waals surface area contributed by atoms with Crippen molar-refractivity contribution in [3.8, 4) is 0 Å². The number of aliphatic carboxylic acids is 1. The standard InChI is InChI=1S/C15H27N5O6/c1-7(2)4-9(20-13(23)8(3)16)14(24)18-6-12(22)19-10(15(25)26)5-11(17)21/h7-10H,4-6,16H2,1-3H3,(H2,17,21)(H,18,24)(H,19,22)(H,20,23)(H,25,26). The number of nitrogens with one attached hydrogen (secondary N) is 3. The second kappa shape index (κ2) is 11.0. The van der Waals surface area contributed by atoms with Crippen LogP contribution >= 0.6 is 0 Å². The Hall–Kier alpha value is -2.69. The van der Waals surface area contributed by atoms with Gasteiger partial charge in [-0.1, -0.05) is 13.8 Å². The highest BCUT2D eigenvalue weighted by atomic mass is 16.4. The van der Waals surface area contributed by atoms with E-state index >= 15 is 0 Å². The lowest BCUT2D eigenvalue weighted by Gasteiger charge is -2.21. The third kappa shape index (κ3) is 9.57. The molecule has 26 heavy (non-hydrogen) atoms. The van der Waals surface area contributed by atoms with Crippen molar-refractivity contribution < 1.29 is 29.1 Å². The fourth-order valence-electron chi connectivity index (χ4n) is 1.94. The van der Waals surface area contributed by atoms with Gasteiger partial charge < -0.3 is 32.5 Å². The molecule has 148 valence electrons. The average Bonchev–Trinajstić information content (AvgIpc) is 2.50. The summed E-state index contributed by atoms with van der Waals surface area (Å²) < 4.78 is 0. The van der Waals surface area contributed by atoms with E-state index in [2.05, 4.69) is 16.0 Å². The molecule has 3 unspecified atom stereocenters. The first-order valence-electron chi connectivity index (χ1n) is 8.08. The molecule has 0 aliphatic rings. The number of rotatable bonds is 11. The van der Waals surface area contributed by atoms with E-state index in [4.69, 9.17) is 16.6 Å². The smallest absolute Gasteiger partial charge is 0.326 e. The van der Waals surface area contributed by atoms with Crippen molar-refractivity contribution in [3.63, 3.8) is 0 Å². The minimum absolute atomic E-state index is 0.0833. The van der Waals surface area contributed by atoms with Gasteiger partial charge in [-0.25, -0.2) is 4.79 Å². The SMILES string of the molecule is CC(C)CC(NC(=O)C(C)N)C(=O)NCC(=O)NC(CC(N)=O)C(=O)O. The quantitative estimate of drug-likeness (QED) is 0.229. The molecule has 4 amide bonds. The Morgan fingerprint density at radius 2 is 1.54 bits per heavy atom. The Bertz CT molecular complexity index is 549. The third-order valence-corrected chi connectivity index (χ3v) is 3.22. The van der Waals surface area contributed by atoms with Gasteiger partial charge in [0.15, 0.2) is 0 Å². The van der Waals surface area contributed by atoms with Crippen LogP contribution < -0.4 is 27.4 Å². The van der Waals surface area contributed by atoms with Crippen LogP contribution in [0.3, 0.4) is 0 Å². The second-order valence-electron chi connectivity index (χ2n) is 6.33. The van der Waals surface area contributed by atoms with E-state index in [0.717, 1.165) is 0 Å². The fourth-order valence-corrected chi connectivity index (χ4v) is 1.94. The maximum absolute atomic E-state index is 12.2. The van der Waals surface area contributed by atoms with Crippen LogP contribution in [0.1, 0.15) is 33.6 Å². The van der Waals surface area contributed by atoms with Gasteiger partial charge in [0.1, 0.15) is 12.1 Å². The molecule has 0 aliphatic heterocycles. The van der Waals surface area contributed by atoms with Crippen LogP contribution in [0.5, 0.6) is 0 Å². The largest absolute Gasteiger partial charge is 0.480 e. The lowest BCUT2D eigenvalue weighted by Crippen LogP contribution is -2.53. The second-order valence-corrected chi connectivity index (χ2v) is 6.33. The Kier molecular flexibility index (Phi) is 9.89. The van der Waals surface area contributed by atoms with E-state index < -0.39 is 60.7 Å². The number of carbonyl (C=O) groups is 5. The van der Waals surface area contributed by atoms with Crippen LogP contribution in [0.4, 0.5) is 0 Å². The highest BCUT2D eigenvalue weighted by Crippen LogP contribution is 2.05.